The van der Waals surface area contributed by atoms with Crippen LogP contribution in [0.15, 0.2) is 109 Å². The molecule has 0 fully saturated rings. The van der Waals surface area contributed by atoms with Crippen molar-refractivity contribution in [2.24, 2.45) is 0 Å². The van der Waals surface area contributed by atoms with Crippen molar-refractivity contribution in [3.05, 3.63) is 132 Å². The molecule has 36 heavy (non-hydrogen) atoms. The summed E-state index contributed by atoms with van der Waals surface area (Å²) in [5, 5.41) is 0. The second kappa shape index (κ2) is 15.1. The molecule has 0 radical (unpaired) electrons. The van der Waals surface area contributed by atoms with Crippen LogP contribution in [-0.4, -0.2) is 3.21 Å². The molecule has 2 aliphatic carbocycles. The van der Waals surface area contributed by atoms with Gasteiger partial charge in [-0.1, -0.05) is 95.6 Å². The number of fused-ring (bicyclic) bond motifs is 3. The Morgan fingerprint density at radius 1 is 0.722 bits per heavy atom. The van der Waals surface area contributed by atoms with Gasteiger partial charge in [0.15, 0.2) is 0 Å². The minimum Gasteiger partial charge on any atom is -1.00 e. The molecule has 6 rings (SSSR count). The summed E-state index contributed by atoms with van der Waals surface area (Å²) in [6.07, 6.45) is 11.0. The average Bonchev–Trinajstić information content (AvgIpc) is 3.56. The van der Waals surface area contributed by atoms with E-state index in [2.05, 4.69) is 123 Å². The van der Waals surface area contributed by atoms with E-state index in [4.69, 9.17) is 0 Å². The zero-order chi connectivity index (χ0) is 23.8. The van der Waals surface area contributed by atoms with Crippen LogP contribution >= 0.6 is 0 Å². The van der Waals surface area contributed by atoms with Gasteiger partial charge in [-0.3, -0.25) is 6.08 Å². The molecule has 0 saturated heterocycles. The Kier molecular flexibility index (Phi) is 12.5. The Morgan fingerprint density at radius 2 is 1.31 bits per heavy atom. The Hall–Kier alpha value is -2.31. The summed E-state index contributed by atoms with van der Waals surface area (Å²) in [6, 6.07) is 35.9. The van der Waals surface area contributed by atoms with Crippen molar-refractivity contribution >= 4 is 3.21 Å². The molecular weight excluding hydrogens is 558 g/mol. The standard InChI is InChI=1S/C25H17.C5H5.C3H6.2ClH.Zr/c1-3-7-18(8-4-1)20-11-13-22-15-23-14-12-21(17-25(23)24(22)16-20)19-9-5-2-6-10-19;1-2-4-5-3-1;1-3-2;;;/h1-13,16-17H,15H2;1-3H,4H2;1-2H3;2*1H;/q2*-1;;;;+2/p-2. The van der Waals surface area contributed by atoms with Crippen molar-refractivity contribution in [3.8, 4) is 33.4 Å². The van der Waals surface area contributed by atoms with Gasteiger partial charge in [-0.05, 0) is 17.5 Å². The van der Waals surface area contributed by atoms with E-state index in [1.807, 2.05) is 12.2 Å². The fraction of sp³-hybridized carbons (Fsp3) is 0.121. The minimum absolute atomic E-state index is 0. The number of halogens is 2. The third-order valence-corrected chi connectivity index (χ3v) is 5.59. The fourth-order valence-corrected chi connectivity index (χ4v) is 4.03. The summed E-state index contributed by atoms with van der Waals surface area (Å²) in [5.74, 6) is 0. The summed E-state index contributed by atoms with van der Waals surface area (Å²) in [6.45, 7) is 4.25. The maximum Gasteiger partial charge on any atom is -0.0184 e. The molecule has 4 aromatic rings. The van der Waals surface area contributed by atoms with Crippen LogP contribution in [-0.2, 0) is 30.7 Å². The van der Waals surface area contributed by atoms with Crippen molar-refractivity contribution in [2.45, 2.75) is 26.7 Å². The first kappa shape index (κ1) is 29.9. The van der Waals surface area contributed by atoms with Gasteiger partial charge in [-0.15, -0.1) is 17.5 Å². The third-order valence-electron chi connectivity index (χ3n) is 5.59. The summed E-state index contributed by atoms with van der Waals surface area (Å²) in [4.78, 5) is 0. The average molecular weight is 587 g/mol. The van der Waals surface area contributed by atoms with Crippen LogP contribution in [0.2, 0.25) is 0 Å². The first-order valence-corrected chi connectivity index (χ1v) is 12.9. The molecule has 2 aliphatic rings. The van der Waals surface area contributed by atoms with Crippen molar-refractivity contribution in [1.29, 1.82) is 0 Å². The van der Waals surface area contributed by atoms with E-state index >= 15 is 0 Å². The maximum absolute atomic E-state index is 3.52. The van der Waals surface area contributed by atoms with Crippen molar-refractivity contribution < 1.29 is 49.0 Å². The molecule has 0 N–H and O–H groups in total. The van der Waals surface area contributed by atoms with Crippen LogP contribution in [0.1, 0.15) is 31.4 Å². The van der Waals surface area contributed by atoms with E-state index in [9.17, 15) is 0 Å². The van der Waals surface area contributed by atoms with Gasteiger partial charge in [-0.2, -0.15) is 29.8 Å². The quantitative estimate of drug-likeness (QED) is 0.279. The van der Waals surface area contributed by atoms with Gasteiger partial charge in [0.2, 0.25) is 0 Å². The summed E-state index contributed by atoms with van der Waals surface area (Å²) >= 11 is 1.55. The van der Waals surface area contributed by atoms with Crippen LogP contribution in [0.4, 0.5) is 0 Å². The fourth-order valence-electron chi connectivity index (χ4n) is 4.03. The van der Waals surface area contributed by atoms with Crippen LogP contribution in [0.5, 0.6) is 0 Å². The van der Waals surface area contributed by atoms with Gasteiger partial charge < -0.3 is 24.8 Å². The van der Waals surface area contributed by atoms with Crippen LogP contribution in [0.3, 0.4) is 0 Å². The first-order chi connectivity index (χ1) is 16.6. The first-order valence-electron chi connectivity index (χ1n) is 11.6. The second-order valence-electron chi connectivity index (χ2n) is 8.56. The molecule has 3 heteroatoms. The number of hydrogen-bond acceptors (Lipinski definition) is 0. The minimum atomic E-state index is 0. The topological polar surface area (TPSA) is 0 Å². The van der Waals surface area contributed by atoms with Gasteiger partial charge in [-0.25, -0.2) is 12.2 Å². The van der Waals surface area contributed by atoms with E-state index in [-0.39, 0.29) is 24.8 Å². The Morgan fingerprint density at radius 3 is 1.83 bits per heavy atom. The molecule has 0 aromatic heterocycles. The normalized spacial score (nSPS) is 11.4. The van der Waals surface area contributed by atoms with Gasteiger partial charge in [0.25, 0.3) is 0 Å². The number of hydrogen-bond donors (Lipinski definition) is 0. The van der Waals surface area contributed by atoms with Gasteiger partial charge >= 0.3 is 41.3 Å². The molecule has 0 aliphatic heterocycles. The van der Waals surface area contributed by atoms with Gasteiger partial charge in [0.1, 0.15) is 0 Å². The molecule has 0 unspecified atom stereocenters. The smallest absolute Gasteiger partial charge is 0.0184 e. The second-order valence-corrected chi connectivity index (χ2v) is 11.0. The van der Waals surface area contributed by atoms with E-state index in [1.165, 1.54) is 47.7 Å². The Labute approximate surface area is 243 Å². The monoisotopic (exact) mass is 584 g/mol. The molecule has 0 amide bonds. The Balaban J connectivity index is 0.000000357. The molecular formula is C33H28Cl2Zr-2. The maximum atomic E-state index is 3.52. The van der Waals surface area contributed by atoms with Gasteiger partial charge in [0.05, 0.1) is 0 Å². The number of rotatable bonds is 2. The molecule has 0 heterocycles. The van der Waals surface area contributed by atoms with Crippen molar-refractivity contribution in [1.82, 2.24) is 0 Å². The predicted molar refractivity (Wildman–Crippen MR) is 142 cm³/mol. The number of allylic oxidation sites excluding steroid dienone is 4. The third kappa shape index (κ3) is 8.11. The van der Waals surface area contributed by atoms with E-state index in [0.717, 1.165) is 12.8 Å². The summed E-state index contributed by atoms with van der Waals surface area (Å²) < 4.78 is 1.51. The zero-order valence-corrected chi connectivity index (χ0v) is 24.5. The molecule has 0 nitrogen and oxygen atoms in total. The van der Waals surface area contributed by atoms with Crippen LogP contribution in [0.25, 0.3) is 33.4 Å². The van der Waals surface area contributed by atoms with Crippen molar-refractivity contribution in [3.63, 3.8) is 0 Å². The molecule has 0 bridgehead atoms. The Bertz CT molecular complexity index is 1220. The van der Waals surface area contributed by atoms with Crippen LogP contribution < -0.4 is 24.8 Å². The predicted octanol–water partition coefficient (Wildman–Crippen LogP) is 2.45. The summed E-state index contributed by atoms with van der Waals surface area (Å²) in [5.41, 5.74) is 10.4. The molecule has 0 spiro atoms. The molecule has 0 saturated carbocycles. The van der Waals surface area contributed by atoms with E-state index < -0.39 is 0 Å². The molecule has 0 atom stereocenters. The molecule has 180 valence electrons. The van der Waals surface area contributed by atoms with E-state index in [0.29, 0.717) is 0 Å². The van der Waals surface area contributed by atoms with E-state index in [1.54, 1.807) is 24.2 Å². The largest absolute Gasteiger partial charge is 1.00 e. The van der Waals surface area contributed by atoms with Crippen molar-refractivity contribution in [2.75, 3.05) is 0 Å². The zero-order valence-electron chi connectivity index (χ0n) is 20.6. The van der Waals surface area contributed by atoms with Gasteiger partial charge in [0, 0.05) is 0 Å². The number of benzene rings is 4. The summed E-state index contributed by atoms with van der Waals surface area (Å²) in [7, 11) is 0. The van der Waals surface area contributed by atoms with Crippen LogP contribution in [0, 0.1) is 12.1 Å². The SMILES string of the molecule is C[C](C)=[Zr+2].[C-]1=CC=CC1.[Cl-].[Cl-].[c-]1cc(-c2ccccc2)cc2c1Cc1ccc(-c3ccccc3)cc1-2. The molecule has 4 aromatic carbocycles.